The number of methoxy groups -OCH3 is 1. The van der Waals surface area contributed by atoms with E-state index < -0.39 is 0 Å². The lowest BCUT2D eigenvalue weighted by molar-refractivity contribution is -0.133. The van der Waals surface area contributed by atoms with Crippen LogP contribution in [0.4, 0.5) is 0 Å². The highest BCUT2D eigenvalue weighted by Crippen LogP contribution is 2.48. The molecule has 3 fully saturated rings. The Bertz CT molecular complexity index is 594. The van der Waals surface area contributed by atoms with Crippen LogP contribution >= 0.6 is 0 Å². The highest BCUT2D eigenvalue weighted by molar-refractivity contribution is 5.93. The van der Waals surface area contributed by atoms with Gasteiger partial charge >= 0.3 is 5.97 Å². The van der Waals surface area contributed by atoms with Crippen LogP contribution in [-0.2, 0) is 19.0 Å². The molecular formula is C18H25NO4. The van der Waals surface area contributed by atoms with E-state index in [9.17, 15) is 4.79 Å². The van der Waals surface area contributed by atoms with Crippen LogP contribution in [0.1, 0.15) is 39.5 Å². The van der Waals surface area contributed by atoms with Crippen LogP contribution in [0.25, 0.3) is 0 Å². The molecule has 0 spiro atoms. The molecule has 0 amide bonds. The molecule has 0 unspecified atom stereocenters. The fourth-order valence-corrected chi connectivity index (χ4v) is 4.89. The quantitative estimate of drug-likeness (QED) is 0.695. The Kier molecular flexibility index (Phi) is 3.63. The van der Waals surface area contributed by atoms with Gasteiger partial charge in [-0.1, -0.05) is 6.92 Å². The third kappa shape index (κ3) is 2.20. The van der Waals surface area contributed by atoms with Crippen LogP contribution in [0.2, 0.25) is 0 Å². The highest BCUT2D eigenvalue weighted by Gasteiger charge is 2.50. The third-order valence-corrected chi connectivity index (χ3v) is 5.97. The molecule has 0 N–H and O–H groups in total. The summed E-state index contributed by atoms with van der Waals surface area (Å²) in [4.78, 5) is 14.5. The summed E-state index contributed by atoms with van der Waals surface area (Å²) in [5.41, 5.74) is 0.528. The van der Waals surface area contributed by atoms with Crippen molar-refractivity contribution in [2.45, 2.75) is 51.7 Å². The van der Waals surface area contributed by atoms with Gasteiger partial charge in [-0.2, -0.15) is 0 Å². The number of rotatable bonds is 1. The second-order valence-electron chi connectivity index (χ2n) is 7.15. The molecule has 126 valence electrons. The number of allylic oxidation sites excluding steroid dienone is 1. The minimum atomic E-state index is -0.324. The summed E-state index contributed by atoms with van der Waals surface area (Å²) in [6.07, 6.45) is 5.03. The van der Waals surface area contributed by atoms with E-state index in [1.165, 1.54) is 32.4 Å². The zero-order valence-electron chi connectivity index (χ0n) is 14.1. The Balaban J connectivity index is 1.71. The minimum absolute atomic E-state index is 0.235. The van der Waals surface area contributed by atoms with Gasteiger partial charge in [-0.3, -0.25) is 4.90 Å². The summed E-state index contributed by atoms with van der Waals surface area (Å²) >= 11 is 0. The zero-order valence-corrected chi connectivity index (χ0v) is 14.1. The van der Waals surface area contributed by atoms with E-state index >= 15 is 0 Å². The van der Waals surface area contributed by atoms with Gasteiger partial charge in [0.05, 0.1) is 12.7 Å². The first-order chi connectivity index (χ1) is 11.1. The number of nitrogens with zero attached hydrogens (tertiary/aromatic N) is 1. The Morgan fingerprint density at radius 2 is 1.96 bits per heavy atom. The number of cyclic esters (lactones) is 1. The van der Waals surface area contributed by atoms with Gasteiger partial charge in [0, 0.05) is 17.9 Å². The molecule has 0 radical (unpaired) electrons. The van der Waals surface area contributed by atoms with Crippen molar-refractivity contribution in [2.75, 3.05) is 20.2 Å². The van der Waals surface area contributed by atoms with Crippen molar-refractivity contribution in [3.63, 3.8) is 0 Å². The Morgan fingerprint density at radius 1 is 1.22 bits per heavy atom. The highest BCUT2D eigenvalue weighted by atomic mass is 16.6. The lowest BCUT2D eigenvalue weighted by Crippen LogP contribution is -2.38. The van der Waals surface area contributed by atoms with Crippen LogP contribution in [0.15, 0.2) is 22.9 Å². The summed E-state index contributed by atoms with van der Waals surface area (Å²) in [6.45, 7) is 6.36. The second-order valence-corrected chi connectivity index (χ2v) is 7.15. The number of ether oxygens (including phenoxy) is 3. The SMILES string of the molecule is COC1=C(C)C(=O)OC1=C1O[C@@H]2CCCN3CCC[C@H]3[C@@H]2[C@@H]1C. The van der Waals surface area contributed by atoms with Gasteiger partial charge in [-0.25, -0.2) is 4.79 Å². The van der Waals surface area contributed by atoms with Crippen LogP contribution in [0.3, 0.4) is 0 Å². The first-order valence-corrected chi connectivity index (χ1v) is 8.74. The summed E-state index contributed by atoms with van der Waals surface area (Å²) in [6, 6.07) is 0.601. The van der Waals surface area contributed by atoms with Crippen LogP contribution in [-0.4, -0.2) is 43.2 Å². The van der Waals surface area contributed by atoms with Crippen LogP contribution in [0, 0.1) is 11.8 Å². The van der Waals surface area contributed by atoms with Gasteiger partial charge in [-0.15, -0.1) is 0 Å². The monoisotopic (exact) mass is 319 g/mol. The Hall–Kier alpha value is -1.49. The molecular weight excluding hydrogens is 294 g/mol. The van der Waals surface area contributed by atoms with Crippen molar-refractivity contribution in [3.05, 3.63) is 22.9 Å². The summed E-state index contributed by atoms with van der Waals surface area (Å²) in [5, 5.41) is 0. The number of esters is 1. The van der Waals surface area contributed by atoms with E-state index in [0.29, 0.717) is 29.1 Å². The smallest absolute Gasteiger partial charge is 0.343 e. The molecule has 0 saturated carbocycles. The minimum Gasteiger partial charge on any atom is -0.492 e. The normalized spacial score (nSPS) is 40.6. The average Bonchev–Trinajstić information content (AvgIpc) is 3.15. The second kappa shape index (κ2) is 5.55. The maximum atomic E-state index is 11.9. The van der Waals surface area contributed by atoms with Crippen molar-refractivity contribution in [2.24, 2.45) is 11.8 Å². The van der Waals surface area contributed by atoms with E-state index in [2.05, 4.69) is 11.8 Å². The van der Waals surface area contributed by atoms with Crippen LogP contribution in [0.5, 0.6) is 0 Å². The third-order valence-electron chi connectivity index (χ3n) is 5.97. The molecule has 0 aromatic carbocycles. The molecule has 4 rings (SSSR count). The standard InChI is InChI=1S/C18H25NO4/c1-10-14-12-6-4-8-19(12)9-5-7-13(14)22-16(10)17-15(21-3)11(2)18(20)23-17/h10,12-14H,4-9H2,1-3H3/t10-,12-,13+,14-/m0/s1. The molecule has 23 heavy (non-hydrogen) atoms. The molecule has 5 nitrogen and oxygen atoms in total. The number of carbonyl (C=O) groups excluding carboxylic acids is 1. The first-order valence-electron chi connectivity index (χ1n) is 8.74. The van der Waals surface area contributed by atoms with Gasteiger partial charge in [0.2, 0.25) is 5.76 Å². The van der Waals surface area contributed by atoms with Gasteiger partial charge in [0.1, 0.15) is 11.9 Å². The number of fused-ring (bicyclic) bond motifs is 3. The number of hydrogen-bond acceptors (Lipinski definition) is 5. The number of carbonyl (C=O) groups is 1. The molecule has 0 aromatic rings. The van der Waals surface area contributed by atoms with Gasteiger partial charge in [-0.05, 0) is 45.7 Å². The van der Waals surface area contributed by atoms with Gasteiger partial charge < -0.3 is 14.2 Å². The van der Waals surface area contributed by atoms with E-state index in [1.807, 2.05) is 0 Å². The van der Waals surface area contributed by atoms with E-state index in [1.54, 1.807) is 14.0 Å². The molecule has 4 aliphatic rings. The van der Waals surface area contributed by atoms with Crippen molar-refractivity contribution in [1.29, 1.82) is 0 Å². The van der Waals surface area contributed by atoms with E-state index in [0.717, 1.165) is 12.2 Å². The van der Waals surface area contributed by atoms with Gasteiger partial charge in [0.25, 0.3) is 0 Å². The topological polar surface area (TPSA) is 48.0 Å². The lowest BCUT2D eigenvalue weighted by atomic mass is 9.82. The average molecular weight is 319 g/mol. The maximum absolute atomic E-state index is 11.9. The summed E-state index contributed by atoms with van der Waals surface area (Å²) in [5.74, 6) is 2.28. The van der Waals surface area contributed by atoms with Crippen molar-refractivity contribution in [3.8, 4) is 0 Å². The van der Waals surface area contributed by atoms with Gasteiger partial charge in [0.15, 0.2) is 5.76 Å². The van der Waals surface area contributed by atoms with Crippen molar-refractivity contribution in [1.82, 2.24) is 4.90 Å². The molecule has 0 bridgehead atoms. The van der Waals surface area contributed by atoms with Crippen molar-refractivity contribution < 1.29 is 19.0 Å². The van der Waals surface area contributed by atoms with Crippen LogP contribution < -0.4 is 0 Å². The summed E-state index contributed by atoms with van der Waals surface area (Å²) < 4.78 is 17.2. The molecule has 3 saturated heterocycles. The van der Waals surface area contributed by atoms with E-state index in [-0.39, 0.29) is 18.0 Å². The molecule has 4 aliphatic heterocycles. The molecule has 4 atom stereocenters. The van der Waals surface area contributed by atoms with E-state index in [4.69, 9.17) is 14.2 Å². The lowest BCUT2D eigenvalue weighted by Gasteiger charge is -2.29. The Morgan fingerprint density at radius 3 is 2.70 bits per heavy atom. The zero-order chi connectivity index (χ0) is 16.1. The fraction of sp³-hybridized carbons (Fsp3) is 0.722. The molecule has 0 aromatic heterocycles. The molecule has 4 heterocycles. The predicted molar refractivity (Wildman–Crippen MR) is 84.2 cm³/mol. The predicted octanol–water partition coefficient (Wildman–Crippen LogP) is 2.58. The Labute approximate surface area is 137 Å². The maximum Gasteiger partial charge on any atom is 0.343 e. The first kappa shape index (κ1) is 15.1. The number of hydrogen-bond donors (Lipinski definition) is 0. The van der Waals surface area contributed by atoms with Crippen molar-refractivity contribution >= 4 is 5.97 Å². The fourth-order valence-electron chi connectivity index (χ4n) is 4.89. The molecule has 5 heteroatoms. The largest absolute Gasteiger partial charge is 0.492 e. The summed E-state index contributed by atoms with van der Waals surface area (Å²) in [7, 11) is 1.58. The molecule has 0 aliphatic carbocycles.